The Morgan fingerprint density at radius 1 is 1.28 bits per heavy atom. The van der Waals surface area contributed by atoms with E-state index in [1.54, 1.807) is 6.33 Å². The second-order valence-corrected chi connectivity index (χ2v) is 4.99. The van der Waals surface area contributed by atoms with Gasteiger partial charge in [-0.25, -0.2) is 4.98 Å². The van der Waals surface area contributed by atoms with Gasteiger partial charge in [0.1, 0.15) is 11.6 Å². The minimum atomic E-state index is 0.203. The molecular formula is C12H17N5O. The summed E-state index contributed by atoms with van der Waals surface area (Å²) in [5.74, 6) is 1.52. The lowest BCUT2D eigenvalue weighted by Crippen LogP contribution is -2.23. The zero-order chi connectivity index (χ0) is 12.5. The highest BCUT2D eigenvalue weighted by Crippen LogP contribution is 2.28. The maximum Gasteiger partial charge on any atom is 0.245 e. The van der Waals surface area contributed by atoms with E-state index in [-0.39, 0.29) is 12.1 Å². The summed E-state index contributed by atoms with van der Waals surface area (Å²) in [5.41, 5.74) is 6.94. The minimum Gasteiger partial charge on any atom is -0.473 e. The Labute approximate surface area is 105 Å². The van der Waals surface area contributed by atoms with E-state index in [4.69, 9.17) is 10.5 Å². The minimum absolute atomic E-state index is 0.203. The lowest BCUT2D eigenvalue weighted by molar-refractivity contribution is 0.132. The molecular weight excluding hydrogens is 230 g/mol. The fourth-order valence-corrected chi connectivity index (χ4v) is 2.41. The van der Waals surface area contributed by atoms with Crippen LogP contribution in [0.5, 0.6) is 5.88 Å². The largest absolute Gasteiger partial charge is 0.473 e. The smallest absolute Gasteiger partial charge is 0.245 e. The lowest BCUT2D eigenvalue weighted by Gasteiger charge is -2.26. The third-order valence-corrected chi connectivity index (χ3v) is 3.51. The highest BCUT2D eigenvalue weighted by atomic mass is 16.5. The number of nitrogens with one attached hydrogen (secondary N) is 1. The van der Waals surface area contributed by atoms with Crippen molar-refractivity contribution in [1.29, 1.82) is 0 Å². The number of imidazole rings is 1. The lowest BCUT2D eigenvalue weighted by atomic mass is 9.89. The number of ether oxygens (including phenoxy) is 1. The normalized spacial score (nSPS) is 24.3. The van der Waals surface area contributed by atoms with Gasteiger partial charge in [-0.05, 0) is 31.6 Å². The molecule has 0 bridgehead atoms. The molecule has 1 fully saturated rings. The summed E-state index contributed by atoms with van der Waals surface area (Å²) in [6, 6.07) is 0. The molecule has 0 atom stereocenters. The summed E-state index contributed by atoms with van der Waals surface area (Å²) in [6.07, 6.45) is 6.35. The number of aromatic amines is 1. The fraction of sp³-hybridized carbons (Fsp3) is 0.583. The fourth-order valence-electron chi connectivity index (χ4n) is 2.41. The summed E-state index contributed by atoms with van der Waals surface area (Å²) < 4.78 is 5.95. The second kappa shape index (κ2) is 4.44. The molecule has 1 saturated carbocycles. The summed E-state index contributed by atoms with van der Waals surface area (Å²) >= 11 is 0. The molecule has 1 aliphatic carbocycles. The van der Waals surface area contributed by atoms with Crippen molar-refractivity contribution in [2.75, 3.05) is 5.73 Å². The zero-order valence-corrected chi connectivity index (χ0v) is 10.4. The molecule has 2 heterocycles. The van der Waals surface area contributed by atoms with E-state index in [1.165, 1.54) is 12.8 Å². The summed E-state index contributed by atoms with van der Waals surface area (Å²) in [5, 5.41) is 0. The first-order valence-corrected chi connectivity index (χ1v) is 6.35. The summed E-state index contributed by atoms with van der Waals surface area (Å²) in [7, 11) is 0. The quantitative estimate of drug-likeness (QED) is 0.845. The van der Waals surface area contributed by atoms with Crippen LogP contribution in [0.1, 0.15) is 32.6 Å². The molecule has 0 aliphatic heterocycles. The van der Waals surface area contributed by atoms with E-state index in [1.807, 2.05) is 0 Å². The molecule has 1 aliphatic rings. The van der Waals surface area contributed by atoms with Crippen molar-refractivity contribution in [2.24, 2.45) is 5.92 Å². The van der Waals surface area contributed by atoms with Crippen molar-refractivity contribution in [3.63, 3.8) is 0 Å². The van der Waals surface area contributed by atoms with Crippen LogP contribution < -0.4 is 10.5 Å². The Morgan fingerprint density at radius 2 is 2.06 bits per heavy atom. The molecule has 3 N–H and O–H groups in total. The molecule has 96 valence electrons. The zero-order valence-electron chi connectivity index (χ0n) is 10.4. The van der Waals surface area contributed by atoms with Crippen molar-refractivity contribution < 1.29 is 4.74 Å². The number of hydrogen-bond acceptors (Lipinski definition) is 5. The molecule has 3 rings (SSSR count). The van der Waals surface area contributed by atoms with Gasteiger partial charge in [-0.3, -0.25) is 0 Å². The van der Waals surface area contributed by atoms with Gasteiger partial charge in [-0.2, -0.15) is 9.97 Å². The van der Waals surface area contributed by atoms with Gasteiger partial charge in [0.2, 0.25) is 11.8 Å². The Morgan fingerprint density at radius 3 is 2.83 bits per heavy atom. The van der Waals surface area contributed by atoms with Gasteiger partial charge in [-0.1, -0.05) is 6.92 Å². The highest BCUT2D eigenvalue weighted by molar-refractivity contribution is 5.76. The van der Waals surface area contributed by atoms with Gasteiger partial charge in [-0.15, -0.1) is 0 Å². The molecule has 0 unspecified atom stereocenters. The van der Waals surface area contributed by atoms with E-state index in [9.17, 15) is 0 Å². The van der Waals surface area contributed by atoms with Gasteiger partial charge in [0, 0.05) is 0 Å². The molecule has 6 nitrogen and oxygen atoms in total. The number of rotatable bonds is 2. The average molecular weight is 247 g/mol. The molecule has 18 heavy (non-hydrogen) atoms. The number of fused-ring (bicyclic) bond motifs is 1. The maximum atomic E-state index is 5.95. The van der Waals surface area contributed by atoms with Crippen molar-refractivity contribution in [3.8, 4) is 5.88 Å². The predicted octanol–water partition coefficient (Wildman–Crippen LogP) is 1.89. The Hall–Kier alpha value is -1.85. The van der Waals surface area contributed by atoms with Gasteiger partial charge < -0.3 is 15.5 Å². The number of hydrogen-bond donors (Lipinski definition) is 2. The van der Waals surface area contributed by atoms with Crippen molar-refractivity contribution in [2.45, 2.75) is 38.7 Å². The molecule has 0 saturated heterocycles. The molecule has 0 amide bonds. The van der Waals surface area contributed by atoms with Gasteiger partial charge in [0.05, 0.1) is 6.33 Å². The van der Waals surface area contributed by atoms with Crippen LogP contribution in [0.15, 0.2) is 6.33 Å². The Bertz CT molecular complexity index is 544. The molecule has 0 spiro atoms. The standard InChI is InChI=1S/C12H17N5O/c1-7-2-4-8(5-3-7)18-11-9-10(15-6-14-9)16-12(13)17-11/h6-8H,2-5H2,1H3,(H3,13,14,15,16,17). The number of H-pyrrole nitrogens is 1. The number of anilines is 1. The Balaban J connectivity index is 1.83. The van der Waals surface area contributed by atoms with E-state index in [0.29, 0.717) is 11.5 Å². The first kappa shape index (κ1) is 11.3. The van der Waals surface area contributed by atoms with Gasteiger partial charge in [0.15, 0.2) is 5.65 Å². The van der Waals surface area contributed by atoms with E-state index >= 15 is 0 Å². The first-order chi connectivity index (χ1) is 8.72. The SMILES string of the molecule is CC1CCC(Oc2nc(N)nc3nc[nH]c23)CC1. The topological polar surface area (TPSA) is 89.7 Å². The highest BCUT2D eigenvalue weighted by Gasteiger charge is 2.21. The maximum absolute atomic E-state index is 5.95. The number of aromatic nitrogens is 4. The third-order valence-electron chi connectivity index (χ3n) is 3.51. The molecule has 2 aromatic rings. The van der Waals surface area contributed by atoms with Crippen LogP contribution in [0.25, 0.3) is 11.2 Å². The van der Waals surface area contributed by atoms with E-state index < -0.39 is 0 Å². The first-order valence-electron chi connectivity index (χ1n) is 6.35. The second-order valence-electron chi connectivity index (χ2n) is 4.99. The molecule has 6 heteroatoms. The predicted molar refractivity (Wildman–Crippen MR) is 68.1 cm³/mol. The van der Waals surface area contributed by atoms with Crippen LogP contribution in [0.2, 0.25) is 0 Å². The van der Waals surface area contributed by atoms with Crippen LogP contribution in [0.4, 0.5) is 5.95 Å². The third kappa shape index (κ3) is 2.10. The van der Waals surface area contributed by atoms with Crippen LogP contribution in [0, 0.1) is 5.92 Å². The van der Waals surface area contributed by atoms with Gasteiger partial charge in [0.25, 0.3) is 0 Å². The van der Waals surface area contributed by atoms with E-state index in [2.05, 4.69) is 26.9 Å². The van der Waals surface area contributed by atoms with Crippen LogP contribution in [-0.4, -0.2) is 26.0 Å². The monoisotopic (exact) mass is 247 g/mol. The van der Waals surface area contributed by atoms with Crippen LogP contribution in [0.3, 0.4) is 0 Å². The number of nitrogens with two attached hydrogens (primary N) is 1. The Kier molecular flexibility index (Phi) is 2.77. The van der Waals surface area contributed by atoms with Crippen LogP contribution in [-0.2, 0) is 0 Å². The van der Waals surface area contributed by atoms with E-state index in [0.717, 1.165) is 24.3 Å². The van der Waals surface area contributed by atoms with Crippen molar-refractivity contribution >= 4 is 17.1 Å². The summed E-state index contributed by atoms with van der Waals surface area (Å²) in [6.45, 7) is 2.28. The molecule has 2 aromatic heterocycles. The van der Waals surface area contributed by atoms with Gasteiger partial charge >= 0.3 is 0 Å². The van der Waals surface area contributed by atoms with Crippen molar-refractivity contribution in [3.05, 3.63) is 6.33 Å². The molecule has 0 radical (unpaired) electrons. The average Bonchev–Trinajstić information content (AvgIpc) is 2.80. The summed E-state index contributed by atoms with van der Waals surface area (Å²) in [4.78, 5) is 15.3. The van der Waals surface area contributed by atoms with Crippen LogP contribution >= 0.6 is 0 Å². The number of nitrogen functional groups attached to an aromatic ring is 1. The molecule has 0 aromatic carbocycles. The van der Waals surface area contributed by atoms with Crippen molar-refractivity contribution in [1.82, 2.24) is 19.9 Å². The number of nitrogens with zero attached hydrogens (tertiary/aromatic N) is 3.